The molecule has 0 aliphatic carbocycles. The highest BCUT2D eigenvalue weighted by atomic mass is 79.9. The molecule has 27 heavy (non-hydrogen) atoms. The first-order valence-corrected chi connectivity index (χ1v) is 10.4. The van der Waals surface area contributed by atoms with Crippen LogP contribution in [0.5, 0.6) is 5.75 Å². The molecule has 0 bridgehead atoms. The zero-order chi connectivity index (χ0) is 19.4. The number of hydrogen-bond acceptors (Lipinski definition) is 6. The number of hydrogen-bond donors (Lipinski definition) is 0. The second-order valence-electron chi connectivity index (χ2n) is 5.41. The van der Waals surface area contributed by atoms with Gasteiger partial charge in [0, 0.05) is 0 Å². The van der Waals surface area contributed by atoms with Gasteiger partial charge in [0.15, 0.2) is 5.69 Å². The molecule has 0 aliphatic rings. The van der Waals surface area contributed by atoms with Gasteiger partial charge in [0.25, 0.3) is 0 Å². The summed E-state index contributed by atoms with van der Waals surface area (Å²) in [6.45, 7) is 0. The van der Waals surface area contributed by atoms with Gasteiger partial charge in [-0.1, -0.05) is 54.1 Å². The average molecular weight is 468 g/mol. The lowest BCUT2D eigenvalue weighted by Gasteiger charge is -2.08. The van der Waals surface area contributed by atoms with E-state index in [1.807, 2.05) is 0 Å². The first-order chi connectivity index (χ1) is 12.9. The van der Waals surface area contributed by atoms with E-state index in [2.05, 4.69) is 25.9 Å². The Balaban J connectivity index is 1.90. The van der Waals surface area contributed by atoms with Crippen LogP contribution in [-0.2, 0) is 15.6 Å². The number of carbonyl (C=O) groups is 1. The van der Waals surface area contributed by atoms with E-state index in [9.17, 15) is 13.2 Å². The Hall–Kier alpha value is -2.29. The minimum atomic E-state index is -3.87. The predicted octanol–water partition coefficient (Wildman–Crippen LogP) is 4.09. The molecule has 0 saturated heterocycles. The fourth-order valence-corrected chi connectivity index (χ4v) is 3.92. The Bertz CT molecular complexity index is 1090. The topological polar surface area (TPSA) is 86.2 Å². The number of para-hydroxylation sites is 1. The summed E-state index contributed by atoms with van der Waals surface area (Å²) >= 11 is 9.24. The summed E-state index contributed by atoms with van der Waals surface area (Å²) in [6.07, 6.45) is 1.07. The molecule has 6 nitrogen and oxygen atoms in total. The normalized spacial score (nSPS) is 11.2. The van der Waals surface area contributed by atoms with Gasteiger partial charge in [0.2, 0.25) is 15.0 Å². The fraction of sp³-hybridized carbons (Fsp3) is 0.0556. The third-order valence-electron chi connectivity index (χ3n) is 3.43. The van der Waals surface area contributed by atoms with Crippen LogP contribution in [0.4, 0.5) is 0 Å². The Morgan fingerprint density at radius 3 is 2.44 bits per heavy atom. The van der Waals surface area contributed by atoms with Crippen LogP contribution in [0.15, 0.2) is 70.4 Å². The minimum Gasteiger partial charge on any atom is -0.421 e. The number of aromatic nitrogens is 2. The molecule has 0 radical (unpaired) electrons. The summed E-state index contributed by atoms with van der Waals surface area (Å²) in [5, 5.41) is -0.597. The maximum absolute atomic E-state index is 12.6. The minimum absolute atomic E-state index is 0.106. The number of ether oxygens (including phenoxy) is 1. The van der Waals surface area contributed by atoms with Crippen molar-refractivity contribution in [3.05, 3.63) is 81.5 Å². The molecule has 0 spiro atoms. The second kappa shape index (κ2) is 8.16. The second-order valence-corrected chi connectivity index (χ2v) is 8.56. The lowest BCUT2D eigenvalue weighted by atomic mass is 10.2. The summed E-state index contributed by atoms with van der Waals surface area (Å²) < 4.78 is 30.9. The molecule has 0 amide bonds. The number of sulfone groups is 1. The molecular weight excluding hydrogens is 456 g/mol. The smallest absolute Gasteiger partial charge is 0.364 e. The van der Waals surface area contributed by atoms with Crippen molar-refractivity contribution in [2.45, 2.75) is 10.9 Å². The van der Waals surface area contributed by atoms with E-state index in [0.717, 1.165) is 6.20 Å². The van der Waals surface area contributed by atoms with Gasteiger partial charge in [0.1, 0.15) is 5.75 Å². The average Bonchev–Trinajstić information content (AvgIpc) is 2.64. The van der Waals surface area contributed by atoms with Gasteiger partial charge in [-0.05, 0) is 33.6 Å². The third-order valence-corrected chi connectivity index (χ3v) is 5.83. The van der Waals surface area contributed by atoms with Crippen LogP contribution in [0.3, 0.4) is 0 Å². The van der Waals surface area contributed by atoms with Crippen molar-refractivity contribution in [1.82, 2.24) is 9.97 Å². The number of carbonyl (C=O) groups excluding carboxylic acids is 1. The lowest BCUT2D eigenvalue weighted by molar-refractivity contribution is 0.0726. The summed E-state index contributed by atoms with van der Waals surface area (Å²) in [4.78, 5) is 20.0. The zero-order valence-electron chi connectivity index (χ0n) is 13.7. The Labute approximate surface area is 169 Å². The standard InChI is InChI=1S/C18H12BrClN2O4S/c19-13-8-4-5-9-15(13)26-17(23)16-14(20)10-21-18(22-16)27(24,25)11-12-6-2-1-3-7-12/h1-10H,11H2. The highest BCUT2D eigenvalue weighted by molar-refractivity contribution is 9.10. The highest BCUT2D eigenvalue weighted by Crippen LogP contribution is 2.26. The third kappa shape index (κ3) is 4.71. The van der Waals surface area contributed by atoms with E-state index in [1.54, 1.807) is 54.6 Å². The number of esters is 1. The van der Waals surface area contributed by atoms with Crippen LogP contribution in [-0.4, -0.2) is 24.4 Å². The van der Waals surface area contributed by atoms with E-state index < -0.39 is 21.0 Å². The van der Waals surface area contributed by atoms with Gasteiger partial charge in [-0.15, -0.1) is 0 Å². The van der Waals surface area contributed by atoms with Crippen molar-refractivity contribution < 1.29 is 17.9 Å². The molecule has 3 rings (SSSR count). The molecule has 3 aromatic rings. The van der Waals surface area contributed by atoms with E-state index in [4.69, 9.17) is 16.3 Å². The van der Waals surface area contributed by atoms with Gasteiger partial charge in [0.05, 0.1) is 21.4 Å². The Kier molecular flexibility index (Phi) is 5.88. The summed E-state index contributed by atoms with van der Waals surface area (Å²) in [5.41, 5.74) is 0.252. The molecule has 0 N–H and O–H groups in total. The summed E-state index contributed by atoms with van der Waals surface area (Å²) in [5.74, 6) is -0.926. The van der Waals surface area contributed by atoms with Crippen molar-refractivity contribution >= 4 is 43.3 Å². The monoisotopic (exact) mass is 466 g/mol. The van der Waals surface area contributed by atoms with Crippen LogP contribution in [0.2, 0.25) is 5.02 Å². The van der Waals surface area contributed by atoms with Crippen LogP contribution in [0.25, 0.3) is 0 Å². The van der Waals surface area contributed by atoms with Crippen molar-refractivity contribution in [2.24, 2.45) is 0 Å². The first-order valence-electron chi connectivity index (χ1n) is 7.63. The van der Waals surface area contributed by atoms with Gasteiger partial charge in [-0.25, -0.2) is 23.2 Å². The number of rotatable bonds is 5. The molecule has 0 unspecified atom stereocenters. The van der Waals surface area contributed by atoms with E-state index in [0.29, 0.717) is 10.0 Å². The van der Waals surface area contributed by atoms with Gasteiger partial charge in [-0.3, -0.25) is 0 Å². The summed E-state index contributed by atoms with van der Waals surface area (Å²) in [7, 11) is -3.87. The molecule has 0 atom stereocenters. The van der Waals surface area contributed by atoms with Crippen molar-refractivity contribution in [1.29, 1.82) is 0 Å². The highest BCUT2D eigenvalue weighted by Gasteiger charge is 2.24. The van der Waals surface area contributed by atoms with Gasteiger partial charge >= 0.3 is 5.97 Å². The number of benzene rings is 2. The number of halogens is 2. The van der Waals surface area contributed by atoms with E-state index >= 15 is 0 Å². The molecule has 1 aromatic heterocycles. The molecule has 0 fully saturated rings. The zero-order valence-corrected chi connectivity index (χ0v) is 16.8. The first kappa shape index (κ1) is 19.5. The van der Waals surface area contributed by atoms with E-state index in [1.165, 1.54) is 0 Å². The van der Waals surface area contributed by atoms with Crippen LogP contribution < -0.4 is 4.74 Å². The molecule has 0 saturated carbocycles. The molecule has 138 valence electrons. The van der Waals surface area contributed by atoms with E-state index in [-0.39, 0.29) is 22.2 Å². The summed E-state index contributed by atoms with van der Waals surface area (Å²) in [6, 6.07) is 15.3. The molecule has 9 heteroatoms. The maximum atomic E-state index is 12.6. The van der Waals surface area contributed by atoms with Crippen molar-refractivity contribution in [2.75, 3.05) is 0 Å². The Morgan fingerprint density at radius 2 is 1.74 bits per heavy atom. The lowest BCUT2D eigenvalue weighted by Crippen LogP contribution is -2.16. The quantitative estimate of drug-likeness (QED) is 0.319. The molecule has 2 aromatic carbocycles. The SMILES string of the molecule is O=C(Oc1ccccc1Br)c1nc(S(=O)(=O)Cc2ccccc2)ncc1Cl. The van der Waals surface area contributed by atoms with Crippen LogP contribution in [0, 0.1) is 0 Å². The number of nitrogens with zero attached hydrogens (tertiary/aromatic N) is 2. The van der Waals surface area contributed by atoms with Crippen molar-refractivity contribution in [3.8, 4) is 5.75 Å². The van der Waals surface area contributed by atoms with Gasteiger partial charge < -0.3 is 4.74 Å². The predicted molar refractivity (Wildman–Crippen MR) is 103 cm³/mol. The molecular formula is C18H12BrClN2O4S. The molecule has 1 heterocycles. The Morgan fingerprint density at radius 1 is 1.07 bits per heavy atom. The van der Waals surface area contributed by atoms with Crippen molar-refractivity contribution in [3.63, 3.8) is 0 Å². The van der Waals surface area contributed by atoms with Crippen LogP contribution in [0.1, 0.15) is 16.1 Å². The molecule has 0 aliphatic heterocycles. The van der Waals surface area contributed by atoms with Crippen LogP contribution >= 0.6 is 27.5 Å². The maximum Gasteiger partial charge on any atom is 0.364 e. The van der Waals surface area contributed by atoms with Gasteiger partial charge in [-0.2, -0.15) is 0 Å². The fourth-order valence-electron chi connectivity index (χ4n) is 2.18. The largest absolute Gasteiger partial charge is 0.421 e.